The predicted molar refractivity (Wildman–Crippen MR) is 98.4 cm³/mol. The zero-order valence-electron chi connectivity index (χ0n) is 16.0. The minimum absolute atomic E-state index is 0.288. The van der Waals surface area contributed by atoms with Crippen LogP contribution in [0.15, 0.2) is 30.3 Å². The molecule has 0 bridgehead atoms. The van der Waals surface area contributed by atoms with E-state index in [1.807, 2.05) is 13.8 Å². The maximum atomic E-state index is 6.08. The average Bonchev–Trinajstić information content (AvgIpc) is 2.49. The largest absolute Gasteiger partial charge is 0.341 e. The lowest BCUT2D eigenvalue weighted by Gasteiger charge is -2.46. The summed E-state index contributed by atoms with van der Waals surface area (Å²) in [7, 11) is 0. The first-order chi connectivity index (χ1) is 11.2. The van der Waals surface area contributed by atoms with Crippen LogP contribution in [0.3, 0.4) is 0 Å². The van der Waals surface area contributed by atoms with Crippen LogP contribution in [-0.2, 0) is 14.5 Å². The van der Waals surface area contributed by atoms with Crippen LogP contribution in [0.1, 0.15) is 65.0 Å². The second kappa shape index (κ2) is 7.81. The molecule has 2 rings (SSSR count). The molecule has 0 N–H and O–H groups in total. The molecule has 3 heteroatoms. The van der Waals surface area contributed by atoms with Crippen molar-refractivity contribution in [1.82, 2.24) is 0 Å². The van der Waals surface area contributed by atoms with E-state index in [9.17, 15) is 0 Å². The minimum Gasteiger partial charge on any atom is -0.341 e. The number of hydrogen-bond acceptors (Lipinski definition) is 3. The third-order valence-electron chi connectivity index (χ3n) is 5.05. The fourth-order valence-electron chi connectivity index (χ4n) is 2.58. The summed E-state index contributed by atoms with van der Waals surface area (Å²) in [5, 5.41) is 0. The molecule has 1 aromatic rings. The van der Waals surface area contributed by atoms with E-state index in [1.54, 1.807) is 0 Å². The fourth-order valence-corrected chi connectivity index (χ4v) is 2.58. The summed E-state index contributed by atoms with van der Waals surface area (Å²) < 4.78 is 6.08. The van der Waals surface area contributed by atoms with Crippen LogP contribution in [-0.4, -0.2) is 17.5 Å². The van der Waals surface area contributed by atoms with Gasteiger partial charge in [0.05, 0.1) is 5.60 Å². The molecule has 1 heterocycles. The Morgan fingerprint density at radius 3 is 2.38 bits per heavy atom. The molecule has 1 saturated heterocycles. The Morgan fingerprint density at radius 2 is 1.75 bits per heavy atom. The third-order valence-corrected chi connectivity index (χ3v) is 5.05. The van der Waals surface area contributed by atoms with E-state index < -0.39 is 5.60 Å². The predicted octanol–water partition coefficient (Wildman–Crippen LogP) is 5.68. The second-order valence-corrected chi connectivity index (χ2v) is 7.98. The zero-order valence-corrected chi connectivity index (χ0v) is 16.0. The number of rotatable bonds is 6. The molecule has 134 valence electrons. The van der Waals surface area contributed by atoms with Gasteiger partial charge >= 0.3 is 0 Å². The van der Waals surface area contributed by atoms with Crippen molar-refractivity contribution in [3.8, 4) is 0 Å². The van der Waals surface area contributed by atoms with E-state index in [-0.39, 0.29) is 11.9 Å². The highest BCUT2D eigenvalue weighted by molar-refractivity contribution is 5.49. The van der Waals surface area contributed by atoms with E-state index in [2.05, 4.69) is 64.1 Å². The molecule has 1 aliphatic heterocycles. The molecule has 1 fully saturated rings. The molecule has 2 unspecified atom stereocenters. The monoisotopic (exact) mass is 332 g/mol. The molecule has 2 atom stereocenters. The number of aryl methyl sites for hydroxylation is 1. The maximum absolute atomic E-state index is 6.08. The molecule has 24 heavy (non-hydrogen) atoms. The fraction of sp³-hybridized carbons (Fsp3) is 0.619. The van der Waals surface area contributed by atoms with Crippen LogP contribution in [0.2, 0.25) is 0 Å². The Balaban J connectivity index is 1.74. The van der Waals surface area contributed by atoms with Gasteiger partial charge in [0.2, 0.25) is 0 Å². The molecular formula is C21H32O3. The molecule has 0 aromatic heterocycles. The SMILES string of the molecule is Cc1ccc(/C=C/CCC(C)CC2OOC(C)(C)C(C)(C)O2)cc1. The van der Waals surface area contributed by atoms with E-state index in [0.717, 1.165) is 19.3 Å². The van der Waals surface area contributed by atoms with Crippen LogP contribution in [0.25, 0.3) is 6.08 Å². The van der Waals surface area contributed by atoms with Gasteiger partial charge in [0, 0.05) is 6.42 Å². The van der Waals surface area contributed by atoms with Gasteiger partial charge in [-0.15, -0.1) is 0 Å². The van der Waals surface area contributed by atoms with Gasteiger partial charge in [-0.2, -0.15) is 0 Å². The topological polar surface area (TPSA) is 27.7 Å². The van der Waals surface area contributed by atoms with Gasteiger partial charge < -0.3 is 4.74 Å². The number of allylic oxidation sites excluding steroid dienone is 1. The van der Waals surface area contributed by atoms with Crippen molar-refractivity contribution in [3.63, 3.8) is 0 Å². The molecule has 0 saturated carbocycles. The quantitative estimate of drug-likeness (QED) is 0.628. The first-order valence-corrected chi connectivity index (χ1v) is 8.95. The van der Waals surface area contributed by atoms with Gasteiger partial charge in [-0.25, -0.2) is 9.78 Å². The van der Waals surface area contributed by atoms with Gasteiger partial charge in [-0.1, -0.05) is 48.9 Å². The highest BCUT2D eigenvalue weighted by atomic mass is 17.2. The van der Waals surface area contributed by atoms with Gasteiger partial charge in [-0.05, 0) is 58.9 Å². The van der Waals surface area contributed by atoms with Gasteiger partial charge in [0.1, 0.15) is 5.60 Å². The van der Waals surface area contributed by atoms with Crippen molar-refractivity contribution in [2.75, 3.05) is 0 Å². The lowest BCUT2D eigenvalue weighted by molar-refractivity contribution is -0.501. The molecule has 1 aliphatic rings. The van der Waals surface area contributed by atoms with Crippen LogP contribution in [0.5, 0.6) is 0 Å². The number of ether oxygens (including phenoxy) is 1. The Labute approximate surface area is 146 Å². The molecule has 1 aromatic carbocycles. The Kier molecular flexibility index (Phi) is 6.24. The third kappa shape index (κ3) is 5.17. The smallest absolute Gasteiger partial charge is 0.192 e. The van der Waals surface area contributed by atoms with E-state index in [0.29, 0.717) is 5.92 Å². The summed E-state index contributed by atoms with van der Waals surface area (Å²) in [4.78, 5) is 11.0. The van der Waals surface area contributed by atoms with Crippen molar-refractivity contribution >= 4 is 6.08 Å². The summed E-state index contributed by atoms with van der Waals surface area (Å²) in [6.07, 6.45) is 7.15. The molecule has 0 aliphatic carbocycles. The molecular weight excluding hydrogens is 300 g/mol. The minimum atomic E-state index is -0.441. The van der Waals surface area contributed by atoms with Crippen LogP contribution < -0.4 is 0 Å². The number of benzene rings is 1. The van der Waals surface area contributed by atoms with E-state index in [1.165, 1.54) is 11.1 Å². The van der Waals surface area contributed by atoms with Gasteiger partial charge in [-0.3, -0.25) is 0 Å². The molecule has 0 amide bonds. The van der Waals surface area contributed by atoms with Crippen LogP contribution in [0.4, 0.5) is 0 Å². The standard InChI is InChI=1S/C21H32O3/c1-16-11-13-18(14-12-16)10-8-7-9-17(2)15-19-22-20(3,4)21(5,6)24-23-19/h8,10-14,17,19H,7,9,15H2,1-6H3/b10-8+. The van der Waals surface area contributed by atoms with Crippen molar-refractivity contribution < 1.29 is 14.5 Å². The summed E-state index contributed by atoms with van der Waals surface area (Å²) >= 11 is 0. The summed E-state index contributed by atoms with van der Waals surface area (Å²) in [5.41, 5.74) is 1.75. The molecule has 0 spiro atoms. The first-order valence-electron chi connectivity index (χ1n) is 8.95. The summed E-state index contributed by atoms with van der Waals surface area (Å²) in [6, 6.07) is 8.59. The van der Waals surface area contributed by atoms with Gasteiger partial charge in [0.15, 0.2) is 6.29 Å². The van der Waals surface area contributed by atoms with Crippen LogP contribution >= 0.6 is 0 Å². The first kappa shape index (κ1) is 19.2. The highest BCUT2D eigenvalue weighted by Gasteiger charge is 2.46. The summed E-state index contributed by atoms with van der Waals surface area (Å²) in [5.74, 6) is 0.512. The van der Waals surface area contributed by atoms with Gasteiger partial charge in [0.25, 0.3) is 0 Å². The van der Waals surface area contributed by atoms with Crippen molar-refractivity contribution in [1.29, 1.82) is 0 Å². The highest BCUT2D eigenvalue weighted by Crippen LogP contribution is 2.36. The average molecular weight is 332 g/mol. The molecule has 0 radical (unpaired) electrons. The van der Waals surface area contributed by atoms with Crippen molar-refractivity contribution in [3.05, 3.63) is 41.5 Å². The van der Waals surface area contributed by atoms with Crippen molar-refractivity contribution in [2.45, 2.75) is 78.3 Å². The van der Waals surface area contributed by atoms with E-state index >= 15 is 0 Å². The Bertz CT molecular complexity index is 543. The molecule has 3 nitrogen and oxygen atoms in total. The van der Waals surface area contributed by atoms with Crippen molar-refractivity contribution in [2.24, 2.45) is 5.92 Å². The Hall–Kier alpha value is -1.16. The number of hydrogen-bond donors (Lipinski definition) is 0. The second-order valence-electron chi connectivity index (χ2n) is 7.98. The maximum Gasteiger partial charge on any atom is 0.192 e. The zero-order chi connectivity index (χ0) is 17.8. The normalized spacial score (nSPS) is 24.2. The van der Waals surface area contributed by atoms with E-state index in [4.69, 9.17) is 14.5 Å². The van der Waals surface area contributed by atoms with Crippen LogP contribution in [0, 0.1) is 12.8 Å². The Morgan fingerprint density at radius 1 is 1.08 bits per heavy atom. The summed E-state index contributed by atoms with van der Waals surface area (Å²) in [6.45, 7) is 12.4. The lowest BCUT2D eigenvalue weighted by Crippen LogP contribution is -2.56. The lowest BCUT2D eigenvalue weighted by atomic mass is 9.89.